The Morgan fingerprint density at radius 3 is 2.95 bits per heavy atom. The van der Waals surface area contributed by atoms with E-state index in [1.807, 2.05) is 0 Å². The summed E-state index contributed by atoms with van der Waals surface area (Å²) in [5.41, 5.74) is 11.0. The normalized spacial score (nSPS) is 10.4. The Morgan fingerprint density at radius 2 is 2.30 bits per heavy atom. The zero-order valence-electron chi connectivity index (χ0n) is 10.2. The van der Waals surface area contributed by atoms with Crippen LogP contribution in [0.15, 0.2) is 29.4 Å². The minimum absolute atomic E-state index is 0.120. The van der Waals surface area contributed by atoms with Gasteiger partial charge >= 0.3 is 5.82 Å². The highest BCUT2D eigenvalue weighted by molar-refractivity contribution is 8.13. The molecule has 0 aromatic carbocycles. The maximum Gasteiger partial charge on any atom is 0.351 e. The van der Waals surface area contributed by atoms with Gasteiger partial charge in [0.05, 0.1) is 11.9 Å². The molecule has 9 nitrogen and oxygen atoms in total. The number of nitro groups is 1. The molecule has 20 heavy (non-hydrogen) atoms. The summed E-state index contributed by atoms with van der Waals surface area (Å²) in [6.45, 7) is 0. The Balaban J connectivity index is 2.30. The van der Waals surface area contributed by atoms with E-state index in [1.165, 1.54) is 4.40 Å². The van der Waals surface area contributed by atoms with Crippen molar-refractivity contribution in [2.75, 3.05) is 0 Å². The molecule has 104 valence electrons. The molecule has 2 heterocycles. The third kappa shape index (κ3) is 2.85. The van der Waals surface area contributed by atoms with E-state index in [0.29, 0.717) is 5.65 Å². The van der Waals surface area contributed by atoms with Crippen molar-refractivity contribution in [3.05, 3.63) is 40.2 Å². The van der Waals surface area contributed by atoms with Gasteiger partial charge in [-0.05, 0) is 11.0 Å². The van der Waals surface area contributed by atoms with Gasteiger partial charge in [-0.1, -0.05) is 17.8 Å². The fourth-order valence-electron chi connectivity index (χ4n) is 1.61. The van der Waals surface area contributed by atoms with E-state index in [1.54, 1.807) is 24.4 Å². The molecule has 5 N–H and O–H groups in total. The van der Waals surface area contributed by atoms with Crippen LogP contribution in [0.3, 0.4) is 0 Å². The quantitative estimate of drug-likeness (QED) is 0.328. The molecule has 0 bridgehead atoms. The Morgan fingerprint density at radius 1 is 1.55 bits per heavy atom. The van der Waals surface area contributed by atoms with E-state index >= 15 is 0 Å². The third-order valence-electron chi connectivity index (χ3n) is 2.32. The van der Waals surface area contributed by atoms with E-state index in [9.17, 15) is 10.1 Å². The lowest BCUT2D eigenvalue weighted by atomic mass is 10.5. The molecule has 10 heteroatoms. The second kappa shape index (κ2) is 5.57. The zero-order chi connectivity index (χ0) is 14.7. The number of nitrogens with zero attached hydrogens (tertiary/aromatic N) is 4. The van der Waals surface area contributed by atoms with E-state index in [0.717, 1.165) is 11.8 Å². The molecule has 0 saturated heterocycles. The first-order chi connectivity index (χ1) is 9.49. The van der Waals surface area contributed by atoms with Crippen molar-refractivity contribution in [2.24, 2.45) is 16.5 Å². The summed E-state index contributed by atoms with van der Waals surface area (Å²) >= 11 is 0.960. The topological polar surface area (TPSA) is 149 Å². The molecule has 0 aliphatic rings. The van der Waals surface area contributed by atoms with Crippen molar-refractivity contribution in [3.63, 3.8) is 0 Å². The second-order valence-corrected chi connectivity index (χ2v) is 4.66. The van der Waals surface area contributed by atoms with E-state index in [2.05, 4.69) is 9.98 Å². The van der Waals surface area contributed by atoms with Gasteiger partial charge in [-0.3, -0.25) is 5.41 Å². The summed E-state index contributed by atoms with van der Waals surface area (Å²) in [4.78, 5) is 18.3. The number of pyridine rings is 1. The van der Waals surface area contributed by atoms with Crippen LogP contribution in [0.2, 0.25) is 0 Å². The molecule has 2 rings (SSSR count). The number of nitrogens with one attached hydrogen (secondary N) is 1. The van der Waals surface area contributed by atoms with Gasteiger partial charge in [0.1, 0.15) is 5.69 Å². The van der Waals surface area contributed by atoms with Gasteiger partial charge in [-0.2, -0.15) is 9.39 Å². The predicted molar refractivity (Wildman–Crippen MR) is 76.7 cm³/mol. The molecule has 2 aromatic heterocycles. The number of aromatic nitrogens is 2. The van der Waals surface area contributed by atoms with Gasteiger partial charge in [-0.25, -0.2) is 4.98 Å². The maximum absolute atomic E-state index is 11.1. The van der Waals surface area contributed by atoms with Crippen LogP contribution in [0.5, 0.6) is 0 Å². The number of thioether (sulfide) groups is 1. The van der Waals surface area contributed by atoms with Crippen molar-refractivity contribution in [1.82, 2.24) is 9.38 Å². The molecule has 0 radical (unpaired) electrons. The number of nitrogens with two attached hydrogens (primary N) is 2. The minimum atomic E-state index is -0.500. The average Bonchev–Trinajstić information content (AvgIpc) is 2.73. The first-order valence-electron chi connectivity index (χ1n) is 5.40. The van der Waals surface area contributed by atoms with Gasteiger partial charge in [0.25, 0.3) is 0 Å². The van der Waals surface area contributed by atoms with E-state index in [-0.39, 0.29) is 28.4 Å². The summed E-state index contributed by atoms with van der Waals surface area (Å²) in [5, 5.41) is 18.5. The van der Waals surface area contributed by atoms with Gasteiger partial charge < -0.3 is 21.6 Å². The van der Waals surface area contributed by atoms with Crippen LogP contribution in [-0.4, -0.2) is 25.4 Å². The predicted octanol–water partition coefficient (Wildman–Crippen LogP) is 0.684. The minimum Gasteiger partial charge on any atom is -0.370 e. The fourth-order valence-corrected chi connectivity index (χ4v) is 2.25. The van der Waals surface area contributed by atoms with Crippen LogP contribution in [0.4, 0.5) is 5.82 Å². The number of hydrogen-bond acceptors (Lipinski definition) is 5. The summed E-state index contributed by atoms with van der Waals surface area (Å²) in [6, 6.07) is 5.09. The summed E-state index contributed by atoms with van der Waals surface area (Å²) in [6.07, 6.45) is 1.57. The van der Waals surface area contributed by atoms with Gasteiger partial charge in [0.15, 0.2) is 11.1 Å². The summed E-state index contributed by atoms with van der Waals surface area (Å²) in [7, 11) is 0. The number of aliphatic imine (C=N–C) groups is 1. The first kappa shape index (κ1) is 13.8. The second-order valence-electron chi connectivity index (χ2n) is 3.70. The van der Waals surface area contributed by atoms with Crippen LogP contribution in [0, 0.1) is 15.5 Å². The molecule has 2 aromatic rings. The summed E-state index contributed by atoms with van der Waals surface area (Å²) in [5.74, 6) is -0.217. The number of amidine groups is 1. The molecule has 0 saturated carbocycles. The van der Waals surface area contributed by atoms with Crippen molar-refractivity contribution in [3.8, 4) is 0 Å². The molecule has 0 aliphatic carbocycles. The lowest BCUT2D eigenvalue weighted by Crippen LogP contribution is -2.23. The van der Waals surface area contributed by atoms with E-state index < -0.39 is 4.92 Å². The Kier molecular flexibility index (Phi) is 3.84. The average molecular weight is 293 g/mol. The number of fused-ring (bicyclic) bond motifs is 1. The summed E-state index contributed by atoms with van der Waals surface area (Å²) < 4.78 is 1.39. The van der Waals surface area contributed by atoms with Crippen molar-refractivity contribution in [1.29, 1.82) is 5.41 Å². The lowest BCUT2D eigenvalue weighted by molar-refractivity contribution is -0.391. The first-order valence-corrected chi connectivity index (χ1v) is 6.39. The number of rotatable bonds is 3. The molecule has 0 aliphatic heterocycles. The highest BCUT2D eigenvalue weighted by Crippen LogP contribution is 2.24. The molecule has 0 fully saturated rings. The molecule has 0 unspecified atom stereocenters. The lowest BCUT2D eigenvalue weighted by Gasteiger charge is -1.98. The van der Waals surface area contributed by atoms with Crippen LogP contribution in [0.1, 0.15) is 5.69 Å². The Labute approximate surface area is 117 Å². The fraction of sp³-hybridized carbons (Fsp3) is 0.100. The third-order valence-corrected chi connectivity index (χ3v) is 3.11. The van der Waals surface area contributed by atoms with Crippen LogP contribution in [-0.2, 0) is 5.75 Å². The highest BCUT2D eigenvalue weighted by atomic mass is 32.2. The molecule has 0 atom stereocenters. The molecular formula is C10H11N7O2S. The van der Waals surface area contributed by atoms with Crippen LogP contribution in [0.25, 0.3) is 5.65 Å². The zero-order valence-corrected chi connectivity index (χ0v) is 11.0. The molecule has 0 amide bonds. The smallest absolute Gasteiger partial charge is 0.351 e. The monoisotopic (exact) mass is 293 g/mol. The van der Waals surface area contributed by atoms with Gasteiger partial charge in [0.2, 0.25) is 5.65 Å². The maximum atomic E-state index is 11.1. The molecular weight excluding hydrogens is 282 g/mol. The number of guanidine groups is 1. The highest BCUT2D eigenvalue weighted by Gasteiger charge is 2.22. The standard InChI is InChI=1S/C10H11N7O2S/c11-9(12)15-10(13)20-5-6-8(17(18)19)16-4-2-1-3-7(16)14-6/h1-4H,5H2,(H5,11,12,13,15). The van der Waals surface area contributed by atoms with Crippen molar-refractivity contribution in [2.45, 2.75) is 5.75 Å². The Hall–Kier alpha value is -2.62. The van der Waals surface area contributed by atoms with Crippen molar-refractivity contribution < 1.29 is 4.92 Å². The SMILES string of the molecule is N=C(N=C(N)N)SCc1nc2ccccn2c1[N+](=O)[O-]. The molecule has 0 spiro atoms. The number of imidazole rings is 1. The van der Waals surface area contributed by atoms with Crippen LogP contribution < -0.4 is 11.5 Å². The number of hydrogen-bond donors (Lipinski definition) is 3. The van der Waals surface area contributed by atoms with Crippen LogP contribution >= 0.6 is 11.8 Å². The van der Waals surface area contributed by atoms with E-state index in [4.69, 9.17) is 16.9 Å². The Bertz CT molecular complexity index is 705. The van der Waals surface area contributed by atoms with Gasteiger partial charge in [0, 0.05) is 6.07 Å². The van der Waals surface area contributed by atoms with Crippen molar-refractivity contribution >= 4 is 34.4 Å². The largest absolute Gasteiger partial charge is 0.370 e. The van der Waals surface area contributed by atoms with Gasteiger partial charge in [-0.15, -0.1) is 0 Å².